The fraction of sp³-hybridized carbons (Fsp3) is 0.0952. The first-order valence-electron chi connectivity index (χ1n) is 8.93. The predicted octanol–water partition coefficient (Wildman–Crippen LogP) is 3.19. The van der Waals surface area contributed by atoms with Gasteiger partial charge in [0.2, 0.25) is 5.91 Å². The molecule has 0 saturated heterocycles. The van der Waals surface area contributed by atoms with Crippen molar-refractivity contribution in [2.45, 2.75) is 13.1 Å². The second-order valence-corrected chi connectivity index (χ2v) is 7.46. The van der Waals surface area contributed by atoms with Crippen molar-refractivity contribution in [3.63, 3.8) is 0 Å². The van der Waals surface area contributed by atoms with Crippen molar-refractivity contribution in [2.24, 2.45) is 0 Å². The van der Waals surface area contributed by atoms with Gasteiger partial charge < -0.3 is 5.32 Å². The van der Waals surface area contributed by atoms with Crippen LogP contribution in [0.25, 0.3) is 10.2 Å². The SMILES string of the molecule is O=C(Cn1c(=O)n(Cc2ccccc2F)c(=O)c2sccc21)Nc1ccc(F)cc1. The Morgan fingerprint density at radius 1 is 0.967 bits per heavy atom. The maximum absolute atomic E-state index is 14.1. The van der Waals surface area contributed by atoms with Gasteiger partial charge in [0.05, 0.1) is 12.1 Å². The van der Waals surface area contributed by atoms with Gasteiger partial charge in [0, 0.05) is 11.3 Å². The number of nitrogens with one attached hydrogen (secondary N) is 1. The van der Waals surface area contributed by atoms with Crippen LogP contribution < -0.4 is 16.6 Å². The van der Waals surface area contributed by atoms with Gasteiger partial charge in [-0.3, -0.25) is 18.7 Å². The molecule has 0 aliphatic carbocycles. The Kier molecular flexibility index (Phi) is 5.28. The summed E-state index contributed by atoms with van der Waals surface area (Å²) in [6, 6.07) is 12.7. The average Bonchev–Trinajstić information content (AvgIpc) is 3.21. The number of nitrogens with zero attached hydrogens (tertiary/aromatic N) is 2. The summed E-state index contributed by atoms with van der Waals surface area (Å²) in [6.45, 7) is -0.612. The third-order valence-corrected chi connectivity index (χ3v) is 5.44. The Labute approximate surface area is 172 Å². The molecule has 1 amide bonds. The number of benzene rings is 2. The van der Waals surface area contributed by atoms with Gasteiger partial charge in [-0.15, -0.1) is 11.3 Å². The average molecular weight is 427 g/mol. The number of halogens is 2. The van der Waals surface area contributed by atoms with Crippen LogP contribution in [0.2, 0.25) is 0 Å². The Hall–Kier alpha value is -3.59. The molecule has 2 aromatic carbocycles. The van der Waals surface area contributed by atoms with Gasteiger partial charge in [-0.25, -0.2) is 13.6 Å². The van der Waals surface area contributed by atoms with E-state index in [1.807, 2.05) is 0 Å². The van der Waals surface area contributed by atoms with Crippen LogP contribution in [0.15, 0.2) is 69.6 Å². The normalized spacial score (nSPS) is 11.0. The lowest BCUT2D eigenvalue weighted by Gasteiger charge is -2.13. The highest BCUT2D eigenvalue weighted by Gasteiger charge is 2.17. The molecular formula is C21H15F2N3O3S. The quantitative estimate of drug-likeness (QED) is 0.532. The third-order valence-electron chi connectivity index (χ3n) is 4.55. The van der Waals surface area contributed by atoms with E-state index in [1.54, 1.807) is 17.5 Å². The Balaban J connectivity index is 1.72. The van der Waals surface area contributed by atoms with Gasteiger partial charge in [-0.05, 0) is 41.8 Å². The predicted molar refractivity (Wildman–Crippen MR) is 111 cm³/mol. The first kappa shape index (κ1) is 19.7. The van der Waals surface area contributed by atoms with E-state index in [1.165, 1.54) is 47.0 Å². The minimum atomic E-state index is -0.719. The number of fused-ring (bicyclic) bond motifs is 1. The number of carbonyl (C=O) groups is 1. The lowest BCUT2D eigenvalue weighted by atomic mass is 10.2. The molecular weight excluding hydrogens is 412 g/mol. The van der Waals surface area contributed by atoms with E-state index in [0.29, 0.717) is 15.9 Å². The number of aromatic nitrogens is 2. The molecule has 0 atom stereocenters. The second kappa shape index (κ2) is 8.03. The van der Waals surface area contributed by atoms with E-state index < -0.39 is 28.8 Å². The van der Waals surface area contributed by atoms with Crippen LogP contribution in [0.4, 0.5) is 14.5 Å². The van der Waals surface area contributed by atoms with Gasteiger partial charge in [-0.2, -0.15) is 0 Å². The lowest BCUT2D eigenvalue weighted by molar-refractivity contribution is -0.116. The number of anilines is 1. The summed E-state index contributed by atoms with van der Waals surface area (Å²) in [5.41, 5.74) is -0.369. The van der Waals surface area contributed by atoms with E-state index in [-0.39, 0.29) is 18.7 Å². The molecule has 2 heterocycles. The molecule has 1 N–H and O–H groups in total. The van der Waals surface area contributed by atoms with Crippen molar-refractivity contribution in [1.82, 2.24) is 9.13 Å². The van der Waals surface area contributed by atoms with Gasteiger partial charge in [-0.1, -0.05) is 18.2 Å². The second-order valence-electron chi connectivity index (χ2n) is 6.54. The zero-order chi connectivity index (χ0) is 21.3. The summed E-state index contributed by atoms with van der Waals surface area (Å²) in [5, 5.41) is 4.23. The molecule has 2 aromatic heterocycles. The first-order chi connectivity index (χ1) is 14.4. The molecule has 0 bridgehead atoms. The van der Waals surface area contributed by atoms with E-state index in [9.17, 15) is 23.2 Å². The summed E-state index contributed by atoms with van der Waals surface area (Å²) >= 11 is 1.14. The van der Waals surface area contributed by atoms with Gasteiger partial charge in [0.1, 0.15) is 22.9 Å². The van der Waals surface area contributed by atoms with Crippen molar-refractivity contribution < 1.29 is 13.6 Å². The number of carbonyl (C=O) groups excluding carboxylic acids is 1. The molecule has 0 spiro atoms. The van der Waals surface area contributed by atoms with E-state index in [0.717, 1.165) is 15.9 Å². The fourth-order valence-electron chi connectivity index (χ4n) is 3.10. The molecule has 4 rings (SSSR count). The maximum atomic E-state index is 14.1. The van der Waals surface area contributed by atoms with Gasteiger partial charge in [0.25, 0.3) is 5.56 Å². The monoisotopic (exact) mass is 427 g/mol. The van der Waals surface area contributed by atoms with Crippen molar-refractivity contribution in [2.75, 3.05) is 5.32 Å². The fourth-order valence-corrected chi connectivity index (χ4v) is 3.94. The Morgan fingerprint density at radius 2 is 1.70 bits per heavy atom. The van der Waals surface area contributed by atoms with Crippen LogP contribution in [0.1, 0.15) is 5.56 Å². The van der Waals surface area contributed by atoms with E-state index in [2.05, 4.69) is 5.32 Å². The van der Waals surface area contributed by atoms with E-state index >= 15 is 0 Å². The van der Waals surface area contributed by atoms with Gasteiger partial charge in [0.15, 0.2) is 0 Å². The third kappa shape index (κ3) is 3.79. The van der Waals surface area contributed by atoms with Crippen LogP contribution in [0.5, 0.6) is 0 Å². The van der Waals surface area contributed by atoms with Crippen molar-refractivity contribution in [3.8, 4) is 0 Å². The van der Waals surface area contributed by atoms with Crippen molar-refractivity contribution in [3.05, 3.63) is 98.0 Å². The highest BCUT2D eigenvalue weighted by molar-refractivity contribution is 7.17. The van der Waals surface area contributed by atoms with Crippen molar-refractivity contribution >= 4 is 33.1 Å². The molecule has 6 nitrogen and oxygen atoms in total. The molecule has 152 valence electrons. The topological polar surface area (TPSA) is 73.1 Å². The standard InChI is InChI=1S/C21H15F2N3O3S/c22-14-5-7-15(8-6-14)24-18(27)12-25-17-9-10-30-19(17)20(28)26(21(25)29)11-13-3-1-2-4-16(13)23/h1-10H,11-12H2,(H,24,27). The van der Waals surface area contributed by atoms with Crippen LogP contribution in [0, 0.1) is 11.6 Å². The molecule has 9 heteroatoms. The molecule has 0 aliphatic heterocycles. The highest BCUT2D eigenvalue weighted by Crippen LogP contribution is 2.16. The molecule has 0 aliphatic rings. The molecule has 0 unspecified atom stereocenters. The number of rotatable bonds is 5. The Bertz CT molecular complexity index is 1360. The Morgan fingerprint density at radius 3 is 2.43 bits per heavy atom. The molecule has 0 saturated carbocycles. The first-order valence-corrected chi connectivity index (χ1v) is 9.81. The minimum absolute atomic E-state index is 0.190. The summed E-state index contributed by atoms with van der Waals surface area (Å²) in [5.74, 6) is -1.49. The molecule has 0 radical (unpaired) electrons. The molecule has 4 aromatic rings. The van der Waals surface area contributed by atoms with Crippen LogP contribution in [-0.4, -0.2) is 15.0 Å². The number of thiophene rings is 1. The molecule has 30 heavy (non-hydrogen) atoms. The maximum Gasteiger partial charge on any atom is 0.332 e. The van der Waals surface area contributed by atoms with Gasteiger partial charge >= 0.3 is 5.69 Å². The molecule has 0 fully saturated rings. The summed E-state index contributed by atoms with van der Waals surface area (Å²) in [7, 11) is 0. The van der Waals surface area contributed by atoms with Crippen LogP contribution >= 0.6 is 11.3 Å². The smallest absolute Gasteiger partial charge is 0.325 e. The van der Waals surface area contributed by atoms with Crippen LogP contribution in [-0.2, 0) is 17.9 Å². The lowest BCUT2D eigenvalue weighted by Crippen LogP contribution is -2.41. The minimum Gasteiger partial charge on any atom is -0.325 e. The summed E-state index contributed by atoms with van der Waals surface area (Å²) < 4.78 is 29.5. The highest BCUT2D eigenvalue weighted by atomic mass is 32.1. The van der Waals surface area contributed by atoms with Crippen LogP contribution in [0.3, 0.4) is 0 Å². The summed E-state index contributed by atoms with van der Waals surface area (Å²) in [6.07, 6.45) is 0. The largest absolute Gasteiger partial charge is 0.332 e. The number of amides is 1. The van der Waals surface area contributed by atoms with E-state index in [4.69, 9.17) is 0 Å². The number of hydrogen-bond acceptors (Lipinski definition) is 4. The number of hydrogen-bond donors (Lipinski definition) is 1. The summed E-state index contributed by atoms with van der Waals surface area (Å²) in [4.78, 5) is 38.3. The zero-order valence-corrected chi connectivity index (χ0v) is 16.3. The zero-order valence-electron chi connectivity index (χ0n) is 15.5. The van der Waals surface area contributed by atoms with Crippen molar-refractivity contribution in [1.29, 1.82) is 0 Å².